The Kier molecular flexibility index (Phi) is 5.37. The number of sulfonamides is 1. The van der Waals surface area contributed by atoms with Gasteiger partial charge in [-0.2, -0.15) is 0 Å². The van der Waals surface area contributed by atoms with E-state index < -0.39 is 10.0 Å². The Labute approximate surface area is 146 Å². The topological polar surface area (TPSA) is 72.2 Å². The summed E-state index contributed by atoms with van der Waals surface area (Å²) in [6, 6.07) is 10.2. The predicted octanol–water partition coefficient (Wildman–Crippen LogP) is 3.66. The van der Waals surface area contributed by atoms with Gasteiger partial charge in [0.15, 0.2) is 0 Å². The molecule has 0 amide bonds. The van der Waals surface area contributed by atoms with Crippen molar-refractivity contribution < 1.29 is 8.42 Å². The van der Waals surface area contributed by atoms with Gasteiger partial charge in [0.1, 0.15) is 4.90 Å². The van der Waals surface area contributed by atoms with Crippen molar-refractivity contribution in [3.05, 3.63) is 55.6 Å². The van der Waals surface area contributed by atoms with Crippen LogP contribution in [0.5, 0.6) is 0 Å². The maximum atomic E-state index is 12.3. The van der Waals surface area contributed by atoms with E-state index >= 15 is 0 Å². The molecule has 0 aliphatic rings. The number of hydrogen-bond acceptors (Lipinski definition) is 3. The number of benzene rings is 2. The molecule has 0 aromatic heterocycles. The van der Waals surface area contributed by atoms with E-state index in [4.69, 9.17) is 28.9 Å². The maximum absolute atomic E-state index is 12.3. The van der Waals surface area contributed by atoms with Gasteiger partial charge in [-0.05, 0) is 52.4 Å². The fourth-order valence-electron chi connectivity index (χ4n) is 1.72. The summed E-state index contributed by atoms with van der Waals surface area (Å²) in [6.45, 7) is 0.150. The van der Waals surface area contributed by atoms with E-state index in [0.717, 1.165) is 9.13 Å². The standard InChI is InChI=1S/C13H11Cl2IN2O2S/c14-9-5-11(15)13(12(17)6-9)21(19,20)18-7-8-1-3-10(16)4-2-8/h1-6,18H,7,17H2. The van der Waals surface area contributed by atoms with Crippen molar-refractivity contribution in [2.75, 3.05) is 5.73 Å². The van der Waals surface area contributed by atoms with Crippen LogP contribution in [0.15, 0.2) is 41.3 Å². The minimum Gasteiger partial charge on any atom is -0.398 e. The van der Waals surface area contributed by atoms with Crippen molar-refractivity contribution in [1.29, 1.82) is 0 Å². The molecule has 4 nitrogen and oxygen atoms in total. The van der Waals surface area contributed by atoms with Crippen LogP contribution in [-0.2, 0) is 16.6 Å². The van der Waals surface area contributed by atoms with E-state index in [9.17, 15) is 8.42 Å². The lowest BCUT2D eigenvalue weighted by Crippen LogP contribution is -2.24. The largest absolute Gasteiger partial charge is 0.398 e. The van der Waals surface area contributed by atoms with Crippen LogP contribution >= 0.6 is 45.8 Å². The SMILES string of the molecule is Nc1cc(Cl)cc(Cl)c1S(=O)(=O)NCc1ccc(I)cc1. The highest BCUT2D eigenvalue weighted by molar-refractivity contribution is 14.1. The first-order chi connectivity index (χ1) is 9.79. The lowest BCUT2D eigenvalue weighted by molar-refractivity contribution is 0.582. The Bertz CT molecular complexity index is 741. The highest BCUT2D eigenvalue weighted by Crippen LogP contribution is 2.31. The summed E-state index contributed by atoms with van der Waals surface area (Å²) in [5, 5.41) is 0.282. The number of nitrogen functional groups attached to an aromatic ring is 1. The number of halogens is 3. The molecule has 0 aliphatic carbocycles. The summed E-state index contributed by atoms with van der Waals surface area (Å²) in [7, 11) is -3.81. The molecule has 112 valence electrons. The van der Waals surface area contributed by atoms with Gasteiger partial charge in [-0.15, -0.1) is 0 Å². The lowest BCUT2D eigenvalue weighted by Gasteiger charge is -2.11. The van der Waals surface area contributed by atoms with Crippen LogP contribution in [-0.4, -0.2) is 8.42 Å². The van der Waals surface area contributed by atoms with E-state index in [2.05, 4.69) is 27.3 Å². The molecule has 2 rings (SSSR count). The molecule has 2 aromatic rings. The molecule has 0 atom stereocenters. The molecule has 0 fully saturated rings. The Morgan fingerprint density at radius 2 is 1.76 bits per heavy atom. The summed E-state index contributed by atoms with van der Waals surface area (Å²) >= 11 is 13.9. The summed E-state index contributed by atoms with van der Waals surface area (Å²) in [5.74, 6) is 0. The van der Waals surface area contributed by atoms with Gasteiger partial charge in [0.05, 0.1) is 10.7 Å². The summed E-state index contributed by atoms with van der Waals surface area (Å²) in [4.78, 5) is -0.154. The van der Waals surface area contributed by atoms with Gasteiger partial charge < -0.3 is 5.73 Å². The second-order valence-electron chi connectivity index (χ2n) is 4.26. The molecule has 0 heterocycles. The number of nitrogens with one attached hydrogen (secondary N) is 1. The van der Waals surface area contributed by atoms with Crippen LogP contribution in [0.1, 0.15) is 5.56 Å². The first-order valence-electron chi connectivity index (χ1n) is 5.78. The van der Waals surface area contributed by atoms with Crippen LogP contribution in [0, 0.1) is 3.57 Å². The number of nitrogens with two attached hydrogens (primary N) is 1. The van der Waals surface area contributed by atoms with E-state index in [-0.39, 0.29) is 27.2 Å². The third-order valence-electron chi connectivity index (χ3n) is 2.69. The van der Waals surface area contributed by atoms with Gasteiger partial charge >= 0.3 is 0 Å². The number of rotatable bonds is 4. The van der Waals surface area contributed by atoms with Crippen molar-refractivity contribution >= 4 is 61.5 Å². The maximum Gasteiger partial charge on any atom is 0.244 e. The summed E-state index contributed by atoms with van der Waals surface area (Å²) in [6.07, 6.45) is 0. The summed E-state index contributed by atoms with van der Waals surface area (Å²) < 4.78 is 28.2. The zero-order chi connectivity index (χ0) is 15.6. The van der Waals surface area contributed by atoms with Gasteiger partial charge in [0, 0.05) is 15.1 Å². The van der Waals surface area contributed by atoms with Crippen LogP contribution in [0.25, 0.3) is 0 Å². The Morgan fingerprint density at radius 3 is 2.33 bits per heavy atom. The van der Waals surface area contributed by atoms with Crippen molar-refractivity contribution in [2.45, 2.75) is 11.4 Å². The highest BCUT2D eigenvalue weighted by atomic mass is 127. The molecular weight excluding hydrogens is 446 g/mol. The molecule has 0 bridgehead atoms. The quantitative estimate of drug-likeness (QED) is 0.544. The van der Waals surface area contributed by atoms with Crippen LogP contribution < -0.4 is 10.5 Å². The second kappa shape index (κ2) is 6.70. The van der Waals surface area contributed by atoms with Crippen LogP contribution in [0.3, 0.4) is 0 Å². The van der Waals surface area contributed by atoms with E-state index in [1.165, 1.54) is 12.1 Å². The molecule has 3 N–H and O–H groups in total. The van der Waals surface area contributed by atoms with Crippen LogP contribution in [0.4, 0.5) is 5.69 Å². The number of hydrogen-bond donors (Lipinski definition) is 2. The fraction of sp³-hybridized carbons (Fsp3) is 0.0769. The molecule has 0 aliphatic heterocycles. The van der Waals surface area contributed by atoms with Crippen LogP contribution in [0.2, 0.25) is 10.0 Å². The normalized spacial score (nSPS) is 11.6. The third kappa shape index (κ3) is 4.23. The molecular formula is C13H11Cl2IN2O2S. The van der Waals surface area contributed by atoms with Gasteiger partial charge in [0.2, 0.25) is 10.0 Å². The average molecular weight is 457 g/mol. The Hall–Kier alpha value is -0.540. The second-order valence-corrected chi connectivity index (χ2v) is 8.05. The smallest absolute Gasteiger partial charge is 0.244 e. The fourth-order valence-corrected chi connectivity index (χ4v) is 4.08. The minimum atomic E-state index is -3.81. The third-order valence-corrected chi connectivity index (χ3v) is 5.55. The summed E-state index contributed by atoms with van der Waals surface area (Å²) in [5.41, 5.74) is 6.56. The molecule has 0 radical (unpaired) electrons. The van der Waals surface area contributed by atoms with Gasteiger partial charge in [-0.1, -0.05) is 35.3 Å². The Morgan fingerprint density at radius 1 is 1.14 bits per heavy atom. The average Bonchev–Trinajstić information content (AvgIpc) is 2.36. The minimum absolute atomic E-state index is 0.00453. The first-order valence-corrected chi connectivity index (χ1v) is 9.10. The van der Waals surface area contributed by atoms with Crippen molar-refractivity contribution in [1.82, 2.24) is 4.72 Å². The van der Waals surface area contributed by atoms with E-state index in [0.29, 0.717) is 0 Å². The monoisotopic (exact) mass is 456 g/mol. The van der Waals surface area contributed by atoms with Crippen molar-refractivity contribution in [2.24, 2.45) is 0 Å². The molecule has 0 spiro atoms. The predicted molar refractivity (Wildman–Crippen MR) is 94.1 cm³/mol. The molecule has 0 unspecified atom stereocenters. The zero-order valence-corrected chi connectivity index (χ0v) is 15.1. The first kappa shape index (κ1) is 16.8. The van der Waals surface area contributed by atoms with Gasteiger partial charge in [-0.25, -0.2) is 13.1 Å². The Balaban J connectivity index is 2.25. The molecule has 21 heavy (non-hydrogen) atoms. The molecule has 2 aromatic carbocycles. The molecule has 8 heteroatoms. The van der Waals surface area contributed by atoms with Gasteiger partial charge in [-0.3, -0.25) is 0 Å². The molecule has 0 saturated carbocycles. The van der Waals surface area contributed by atoms with E-state index in [1.807, 2.05) is 24.3 Å². The van der Waals surface area contributed by atoms with E-state index in [1.54, 1.807) is 0 Å². The van der Waals surface area contributed by atoms with Crippen molar-refractivity contribution in [3.63, 3.8) is 0 Å². The lowest BCUT2D eigenvalue weighted by atomic mass is 10.2. The zero-order valence-electron chi connectivity index (χ0n) is 10.6. The number of anilines is 1. The highest BCUT2D eigenvalue weighted by Gasteiger charge is 2.21. The van der Waals surface area contributed by atoms with Crippen molar-refractivity contribution in [3.8, 4) is 0 Å². The van der Waals surface area contributed by atoms with Gasteiger partial charge in [0.25, 0.3) is 0 Å². The molecule has 0 saturated heterocycles.